The fourth-order valence-electron chi connectivity index (χ4n) is 8.90. The summed E-state index contributed by atoms with van der Waals surface area (Å²) in [5.41, 5.74) is 0.791. The van der Waals surface area contributed by atoms with E-state index in [0.29, 0.717) is 0 Å². The van der Waals surface area contributed by atoms with Gasteiger partial charge in [0.15, 0.2) is 5.82 Å². The second-order valence-corrected chi connectivity index (χ2v) is 15.8. The highest BCUT2D eigenvalue weighted by Gasteiger charge is 2.36. The zero-order valence-electron chi connectivity index (χ0n) is 58.1. The average Bonchev–Trinajstić information content (AvgIpc) is 1.58. The Morgan fingerprint density at radius 1 is 0.385 bits per heavy atom. The van der Waals surface area contributed by atoms with Crippen molar-refractivity contribution in [3.05, 3.63) is 223 Å². The van der Waals surface area contributed by atoms with Crippen LogP contribution in [0.1, 0.15) is 57.9 Å². The fraction of sp³-hybridized carbons (Fsp3) is 0.0500. The molecule has 0 aliphatic heterocycles. The number of para-hydroxylation sites is 2. The van der Waals surface area contributed by atoms with Crippen LogP contribution in [-0.2, 0) is 5.41 Å². The van der Waals surface area contributed by atoms with Crippen molar-refractivity contribution >= 4 is 43.6 Å². The Balaban J connectivity index is 1.21. The van der Waals surface area contributed by atoms with Gasteiger partial charge in [-0.1, -0.05) is 201 Å². The van der Waals surface area contributed by atoms with Gasteiger partial charge in [-0.05, 0) is 79.8 Å². The maximum Gasteiger partial charge on any atom is 0.240 e. The number of nitrogens with zero attached hydrogens (tertiary/aromatic N) is 5. The van der Waals surface area contributed by atoms with Crippen LogP contribution in [0.3, 0.4) is 0 Å². The van der Waals surface area contributed by atoms with Crippen LogP contribution in [0.4, 0.5) is 0 Å². The Labute approximate surface area is 410 Å². The van der Waals surface area contributed by atoms with E-state index >= 15 is 0 Å². The summed E-state index contributed by atoms with van der Waals surface area (Å²) in [6.07, 6.45) is 0. The average molecular weight is 856 g/mol. The van der Waals surface area contributed by atoms with Crippen LogP contribution in [0.15, 0.2) is 212 Å². The van der Waals surface area contributed by atoms with Gasteiger partial charge in [0.25, 0.3) is 0 Å². The second kappa shape index (κ2) is 14.3. The van der Waals surface area contributed by atoms with Gasteiger partial charge in [-0.3, -0.25) is 9.13 Å². The fourth-order valence-corrected chi connectivity index (χ4v) is 8.90. The molecule has 9 aromatic carbocycles. The minimum absolute atomic E-state index is 0.179. The third-order valence-corrected chi connectivity index (χ3v) is 11.9. The molecular formula is C60H41N5. The van der Waals surface area contributed by atoms with E-state index in [9.17, 15) is 13.7 Å². The maximum atomic E-state index is 10.0. The van der Waals surface area contributed by atoms with E-state index in [-0.39, 0.29) is 16.8 Å². The Hall–Kier alpha value is -8.41. The summed E-state index contributed by atoms with van der Waals surface area (Å²) >= 11 is 0. The first-order valence-electron chi connectivity index (χ1n) is 32.3. The maximum absolute atomic E-state index is 10.0. The molecule has 0 saturated carbocycles. The SMILES string of the molecule is [2H]c1c([2H])c([2H])c(-c2c([2H])c([2H])c3c4c([2H])c([2H])c([2H])c([2H])c4n(-c4nc(-c5ccc(-c6cccc7c6-c6ccccc6C7(C)C)cc5)nc(-n5c6c([2H])c([2H])c([2H])c([2H])c6c6c([2H])c([2H])c(-c7c([2H])c([2H])c([2H])c([2H])c7[2H])c([2H])c65)n4)c3c2[2H])c([2H])c1[2H]. The van der Waals surface area contributed by atoms with Gasteiger partial charge in [0.1, 0.15) is 0 Å². The highest BCUT2D eigenvalue weighted by molar-refractivity contribution is 6.11. The highest BCUT2D eigenvalue weighted by Crippen LogP contribution is 2.52. The molecule has 5 heteroatoms. The molecular weight excluding hydrogens is 791 g/mol. The van der Waals surface area contributed by atoms with E-state index in [1.54, 1.807) is 24.3 Å². The Morgan fingerprint density at radius 3 is 1.45 bits per heavy atom. The standard InChI is InChI=1S/C60H41N5/c1-60(2)50-24-12-9-22-49(50)56-44(23-15-25-51(56)60)40-28-30-41(31-29-40)57-61-58(64-52-26-13-10-20-45(52)47-34-32-42(36-54(47)64)38-16-5-3-6-17-38)63-59(62-57)65-53-27-14-11-21-46(53)48-35-33-43(37-55(48)65)39-18-7-4-8-19-39/h3-37H,1-2H3/i3D,4D,5D,6D,7D,8D,10D,11D,13D,14D,16D,17D,18D,19D,20D,21D,26D,27D,32D,33D,34D,35D,36D,37D. The summed E-state index contributed by atoms with van der Waals surface area (Å²) in [5.74, 6) is -1.66. The summed E-state index contributed by atoms with van der Waals surface area (Å²) in [6, 6.07) is 0.967. The van der Waals surface area contributed by atoms with Crippen LogP contribution in [0, 0.1) is 0 Å². The molecule has 3 aromatic heterocycles. The Kier molecular flexibility index (Phi) is 4.49. The lowest BCUT2D eigenvalue weighted by molar-refractivity contribution is 0.660. The van der Waals surface area contributed by atoms with E-state index in [0.717, 1.165) is 42.5 Å². The van der Waals surface area contributed by atoms with Gasteiger partial charge in [0.2, 0.25) is 11.9 Å². The minimum atomic E-state index is -0.863. The zero-order valence-corrected chi connectivity index (χ0v) is 34.1. The largest absolute Gasteiger partial charge is 0.278 e. The Morgan fingerprint density at radius 2 is 0.862 bits per heavy atom. The van der Waals surface area contributed by atoms with Crippen LogP contribution >= 0.6 is 0 Å². The lowest BCUT2D eigenvalue weighted by Crippen LogP contribution is -2.14. The minimum Gasteiger partial charge on any atom is -0.278 e. The lowest BCUT2D eigenvalue weighted by Gasteiger charge is -2.21. The van der Waals surface area contributed by atoms with E-state index in [2.05, 4.69) is 26.0 Å². The van der Waals surface area contributed by atoms with E-state index < -0.39 is 223 Å². The van der Waals surface area contributed by atoms with Crippen molar-refractivity contribution in [3.8, 4) is 67.8 Å². The first-order chi connectivity index (χ1) is 42.0. The molecule has 3 heterocycles. The predicted molar refractivity (Wildman–Crippen MR) is 268 cm³/mol. The number of benzene rings is 9. The second-order valence-electron chi connectivity index (χ2n) is 15.8. The van der Waals surface area contributed by atoms with Gasteiger partial charge in [-0.25, -0.2) is 0 Å². The van der Waals surface area contributed by atoms with Crippen LogP contribution in [0.25, 0.3) is 111 Å². The molecule has 0 fully saturated rings. The van der Waals surface area contributed by atoms with Crippen LogP contribution < -0.4 is 0 Å². The smallest absolute Gasteiger partial charge is 0.240 e. The third-order valence-electron chi connectivity index (χ3n) is 11.9. The molecule has 0 spiro atoms. The van der Waals surface area contributed by atoms with E-state index in [1.807, 2.05) is 30.3 Å². The van der Waals surface area contributed by atoms with Gasteiger partial charge >= 0.3 is 0 Å². The van der Waals surface area contributed by atoms with Crippen molar-refractivity contribution in [2.24, 2.45) is 0 Å². The Bertz CT molecular complexity index is 4980. The number of rotatable bonds is 6. The highest BCUT2D eigenvalue weighted by atomic mass is 15.3. The number of fused-ring (bicyclic) bond motifs is 9. The van der Waals surface area contributed by atoms with Crippen molar-refractivity contribution in [2.75, 3.05) is 0 Å². The topological polar surface area (TPSA) is 48.5 Å². The third kappa shape index (κ3) is 5.75. The van der Waals surface area contributed by atoms with E-state index in [4.69, 9.17) is 34.1 Å². The molecule has 1 aliphatic rings. The molecule has 0 bridgehead atoms. The molecule has 306 valence electrons. The number of aromatic nitrogens is 5. The van der Waals surface area contributed by atoms with Gasteiger partial charge in [-0.15, -0.1) is 0 Å². The van der Waals surface area contributed by atoms with Gasteiger partial charge in [-0.2, -0.15) is 15.0 Å². The van der Waals surface area contributed by atoms with Crippen molar-refractivity contribution in [3.63, 3.8) is 0 Å². The molecule has 13 rings (SSSR count). The summed E-state index contributed by atoms with van der Waals surface area (Å²) in [6.45, 7) is 4.28. The molecule has 12 aromatic rings. The van der Waals surface area contributed by atoms with Crippen molar-refractivity contribution in [2.45, 2.75) is 19.3 Å². The predicted octanol–water partition coefficient (Wildman–Crippen LogP) is 15.0. The van der Waals surface area contributed by atoms with Crippen LogP contribution in [-0.4, -0.2) is 24.1 Å². The van der Waals surface area contributed by atoms with Crippen molar-refractivity contribution in [1.82, 2.24) is 24.1 Å². The summed E-state index contributed by atoms with van der Waals surface area (Å²) in [4.78, 5) is 14.7. The molecule has 0 amide bonds. The lowest BCUT2D eigenvalue weighted by atomic mass is 9.82. The van der Waals surface area contributed by atoms with E-state index in [1.165, 1.54) is 0 Å². The molecule has 5 nitrogen and oxygen atoms in total. The summed E-state index contributed by atoms with van der Waals surface area (Å²) in [5, 5.41) is -1.81. The van der Waals surface area contributed by atoms with Crippen molar-refractivity contribution in [1.29, 1.82) is 0 Å². The van der Waals surface area contributed by atoms with Gasteiger partial charge in [0.05, 0.1) is 55.0 Å². The van der Waals surface area contributed by atoms with Gasteiger partial charge < -0.3 is 0 Å². The molecule has 1 aliphatic carbocycles. The summed E-state index contributed by atoms with van der Waals surface area (Å²) < 4.78 is 220. The van der Waals surface area contributed by atoms with Gasteiger partial charge in [0, 0.05) is 32.5 Å². The molecule has 0 N–H and O–H groups in total. The zero-order chi connectivity index (χ0) is 64.1. The molecule has 65 heavy (non-hydrogen) atoms. The molecule has 0 radical (unpaired) electrons. The first kappa shape index (κ1) is 20.4. The molecule has 0 atom stereocenters. The monoisotopic (exact) mass is 855 g/mol. The quantitative estimate of drug-likeness (QED) is 0.167. The van der Waals surface area contributed by atoms with Crippen LogP contribution in [0.2, 0.25) is 0 Å². The number of hydrogen-bond donors (Lipinski definition) is 0. The molecule has 0 unspecified atom stereocenters. The normalized spacial score (nSPS) is 18.1. The summed E-state index contributed by atoms with van der Waals surface area (Å²) in [7, 11) is 0. The molecule has 0 saturated heterocycles. The number of hydrogen-bond acceptors (Lipinski definition) is 3. The van der Waals surface area contributed by atoms with Crippen molar-refractivity contribution < 1.29 is 32.9 Å². The van der Waals surface area contributed by atoms with Crippen LogP contribution in [0.5, 0.6) is 0 Å². The first-order valence-corrected chi connectivity index (χ1v) is 20.3.